The van der Waals surface area contributed by atoms with E-state index in [1.807, 2.05) is 0 Å². The normalized spacial score (nSPS) is 21.9. The first-order valence-electron chi connectivity index (χ1n) is 6.78. The van der Waals surface area contributed by atoms with Gasteiger partial charge in [-0.1, -0.05) is 18.2 Å². The Morgan fingerprint density at radius 2 is 2.00 bits per heavy atom. The van der Waals surface area contributed by atoms with E-state index in [0.29, 0.717) is 12.0 Å². The van der Waals surface area contributed by atoms with E-state index in [0.717, 1.165) is 0 Å². The minimum Gasteiger partial charge on any atom is -0.394 e. The number of hydrogen-bond acceptors (Lipinski definition) is 5. The van der Waals surface area contributed by atoms with Gasteiger partial charge in [-0.2, -0.15) is 0 Å². The Balaban J connectivity index is 2.22. The Hall–Kier alpha value is -1.44. The smallest absolute Gasteiger partial charge is 0.254 e. The molecule has 0 aliphatic carbocycles. The maximum Gasteiger partial charge on any atom is 0.254 e. The Labute approximate surface area is 123 Å². The summed E-state index contributed by atoms with van der Waals surface area (Å²) in [7, 11) is -3.14. The van der Waals surface area contributed by atoms with Crippen molar-refractivity contribution < 1.29 is 23.4 Å². The number of benzene rings is 1. The summed E-state index contributed by atoms with van der Waals surface area (Å²) >= 11 is 0. The van der Waals surface area contributed by atoms with Crippen molar-refractivity contribution in [2.24, 2.45) is 0 Å². The molecule has 0 bridgehead atoms. The van der Waals surface area contributed by atoms with Gasteiger partial charge < -0.3 is 15.1 Å². The van der Waals surface area contributed by atoms with Gasteiger partial charge in [0.05, 0.1) is 24.2 Å². The molecule has 2 rings (SSSR count). The summed E-state index contributed by atoms with van der Waals surface area (Å²) in [5.41, 5.74) is 0.437. The predicted octanol–water partition coefficient (Wildman–Crippen LogP) is -0.331. The maximum atomic E-state index is 12.5. The Morgan fingerprint density at radius 3 is 2.52 bits per heavy atom. The van der Waals surface area contributed by atoms with Crippen LogP contribution in [0.2, 0.25) is 0 Å². The van der Waals surface area contributed by atoms with Gasteiger partial charge in [0, 0.05) is 18.2 Å². The second-order valence-electron chi connectivity index (χ2n) is 5.22. The van der Waals surface area contributed by atoms with E-state index >= 15 is 0 Å². The number of sulfone groups is 1. The molecule has 2 atom stereocenters. The first kappa shape index (κ1) is 15.9. The van der Waals surface area contributed by atoms with E-state index in [-0.39, 0.29) is 24.0 Å². The number of hydrogen-bond donors (Lipinski definition) is 2. The molecule has 0 radical (unpaired) electrons. The number of carbonyl (C=O) groups is 1. The molecule has 1 aromatic carbocycles. The molecule has 21 heavy (non-hydrogen) atoms. The molecule has 1 aliphatic rings. The maximum absolute atomic E-state index is 12.5. The van der Waals surface area contributed by atoms with Crippen LogP contribution in [0.3, 0.4) is 0 Å². The molecule has 2 N–H and O–H groups in total. The first-order valence-corrected chi connectivity index (χ1v) is 8.60. The summed E-state index contributed by atoms with van der Waals surface area (Å²) in [6, 6.07) is 8.06. The van der Waals surface area contributed by atoms with E-state index in [1.54, 1.807) is 30.3 Å². The van der Waals surface area contributed by atoms with Gasteiger partial charge >= 0.3 is 0 Å². The lowest BCUT2D eigenvalue weighted by molar-refractivity contribution is 0.0375. The molecule has 1 aliphatic heterocycles. The number of amides is 1. The minimum absolute atomic E-state index is 0.0471. The lowest BCUT2D eigenvalue weighted by Crippen LogP contribution is -2.46. The van der Waals surface area contributed by atoms with E-state index in [2.05, 4.69) is 0 Å². The van der Waals surface area contributed by atoms with E-state index in [9.17, 15) is 18.3 Å². The highest BCUT2D eigenvalue weighted by Gasteiger charge is 2.35. The van der Waals surface area contributed by atoms with E-state index < -0.39 is 28.6 Å². The Kier molecular flexibility index (Phi) is 4.97. The summed E-state index contributed by atoms with van der Waals surface area (Å²) in [5, 5.41) is 18.6. The van der Waals surface area contributed by atoms with Crippen molar-refractivity contribution in [3.63, 3.8) is 0 Å². The summed E-state index contributed by atoms with van der Waals surface area (Å²) in [6.45, 7) is -0.553. The quantitative estimate of drug-likeness (QED) is 0.776. The highest BCUT2D eigenvalue weighted by molar-refractivity contribution is 7.91. The molecule has 0 spiro atoms. The van der Waals surface area contributed by atoms with Crippen LogP contribution in [0.5, 0.6) is 0 Å². The topological polar surface area (TPSA) is 94.9 Å². The number of carbonyl (C=O) groups excluding carboxylic acids is 1. The van der Waals surface area contributed by atoms with Crippen LogP contribution in [0.4, 0.5) is 0 Å². The predicted molar refractivity (Wildman–Crippen MR) is 77.6 cm³/mol. The standard InChI is InChI=1S/C14H19NO5S/c16-9-13(17)8-15(12-6-7-21(19,20)10-12)14(18)11-4-2-1-3-5-11/h1-5,12-13,16-17H,6-10H2/t12-,13-/m1/s1. The van der Waals surface area contributed by atoms with Crippen molar-refractivity contribution in [1.29, 1.82) is 0 Å². The van der Waals surface area contributed by atoms with Gasteiger partial charge in [0.1, 0.15) is 0 Å². The lowest BCUT2D eigenvalue weighted by atomic mass is 10.1. The van der Waals surface area contributed by atoms with Crippen molar-refractivity contribution >= 4 is 15.7 Å². The average molecular weight is 313 g/mol. The molecule has 1 amide bonds. The zero-order valence-corrected chi connectivity index (χ0v) is 12.4. The summed E-state index contributed by atoms with van der Waals surface area (Å²) in [5.74, 6) is -0.375. The fraction of sp³-hybridized carbons (Fsp3) is 0.500. The summed E-state index contributed by atoms with van der Waals surface area (Å²) in [4.78, 5) is 13.9. The first-order chi connectivity index (χ1) is 9.93. The number of aliphatic hydroxyl groups is 2. The van der Waals surface area contributed by atoms with Crippen LogP contribution >= 0.6 is 0 Å². The number of rotatable bonds is 5. The number of nitrogens with zero attached hydrogens (tertiary/aromatic N) is 1. The molecule has 1 saturated heterocycles. The van der Waals surface area contributed by atoms with Gasteiger partial charge in [-0.25, -0.2) is 8.42 Å². The Bertz CT molecular complexity index is 587. The van der Waals surface area contributed by atoms with Gasteiger partial charge in [-0.3, -0.25) is 4.79 Å². The molecular formula is C14H19NO5S. The van der Waals surface area contributed by atoms with Crippen LogP contribution < -0.4 is 0 Å². The monoisotopic (exact) mass is 313 g/mol. The van der Waals surface area contributed by atoms with E-state index in [1.165, 1.54) is 4.90 Å². The summed E-state index contributed by atoms with van der Waals surface area (Å²) in [6.07, 6.45) is -0.722. The van der Waals surface area contributed by atoms with Crippen molar-refractivity contribution in [3.05, 3.63) is 35.9 Å². The SMILES string of the molecule is O=C(c1ccccc1)N(C[C@@H](O)CO)[C@@H]1CCS(=O)(=O)C1. The Morgan fingerprint density at radius 1 is 1.33 bits per heavy atom. The van der Waals surface area contributed by atoms with Crippen molar-refractivity contribution in [3.8, 4) is 0 Å². The molecule has 6 nitrogen and oxygen atoms in total. The highest BCUT2D eigenvalue weighted by Crippen LogP contribution is 2.20. The van der Waals surface area contributed by atoms with Gasteiger partial charge in [-0.15, -0.1) is 0 Å². The third kappa shape index (κ3) is 4.03. The molecule has 1 heterocycles. The lowest BCUT2D eigenvalue weighted by Gasteiger charge is -2.30. The van der Waals surface area contributed by atoms with E-state index in [4.69, 9.17) is 5.11 Å². The van der Waals surface area contributed by atoms with Gasteiger partial charge in [-0.05, 0) is 18.6 Å². The molecule has 0 saturated carbocycles. The molecule has 0 aromatic heterocycles. The van der Waals surface area contributed by atoms with Gasteiger partial charge in [0.25, 0.3) is 5.91 Å². The third-order valence-electron chi connectivity index (χ3n) is 3.55. The van der Waals surface area contributed by atoms with Crippen LogP contribution in [0, 0.1) is 0 Å². The second kappa shape index (κ2) is 6.55. The van der Waals surface area contributed by atoms with Crippen LogP contribution in [-0.4, -0.2) is 66.2 Å². The largest absolute Gasteiger partial charge is 0.394 e. The van der Waals surface area contributed by atoms with Crippen LogP contribution in [0.1, 0.15) is 16.8 Å². The van der Waals surface area contributed by atoms with Crippen LogP contribution in [0.15, 0.2) is 30.3 Å². The highest BCUT2D eigenvalue weighted by atomic mass is 32.2. The summed E-state index contributed by atoms with van der Waals surface area (Å²) < 4.78 is 23.2. The van der Waals surface area contributed by atoms with Gasteiger partial charge in [0.15, 0.2) is 9.84 Å². The van der Waals surface area contributed by atoms with Crippen molar-refractivity contribution in [2.45, 2.75) is 18.6 Å². The molecule has 7 heteroatoms. The zero-order chi connectivity index (χ0) is 15.5. The third-order valence-corrected chi connectivity index (χ3v) is 5.30. The fourth-order valence-electron chi connectivity index (χ4n) is 2.45. The van der Waals surface area contributed by atoms with Crippen molar-refractivity contribution in [2.75, 3.05) is 24.7 Å². The average Bonchev–Trinajstić information content (AvgIpc) is 2.84. The molecule has 0 unspecified atom stereocenters. The molecule has 1 aromatic rings. The molecular weight excluding hydrogens is 294 g/mol. The number of aliphatic hydroxyl groups excluding tert-OH is 2. The zero-order valence-electron chi connectivity index (χ0n) is 11.6. The van der Waals surface area contributed by atoms with Crippen molar-refractivity contribution in [1.82, 2.24) is 4.90 Å². The molecule has 116 valence electrons. The fourth-order valence-corrected chi connectivity index (χ4v) is 4.18. The minimum atomic E-state index is -3.14. The van der Waals surface area contributed by atoms with Crippen LogP contribution in [0.25, 0.3) is 0 Å². The molecule has 1 fully saturated rings. The van der Waals surface area contributed by atoms with Gasteiger partial charge in [0.2, 0.25) is 0 Å². The van der Waals surface area contributed by atoms with Crippen LogP contribution in [-0.2, 0) is 9.84 Å². The second-order valence-corrected chi connectivity index (χ2v) is 7.45.